The molecule has 2 saturated heterocycles. The highest BCUT2D eigenvalue weighted by molar-refractivity contribution is 6.02. The van der Waals surface area contributed by atoms with Gasteiger partial charge in [0.2, 0.25) is 0 Å². The summed E-state index contributed by atoms with van der Waals surface area (Å²) in [5.41, 5.74) is 3.65. The van der Waals surface area contributed by atoms with Crippen molar-refractivity contribution in [3.63, 3.8) is 0 Å². The van der Waals surface area contributed by atoms with E-state index in [1.807, 2.05) is 54.6 Å². The number of amides is 1. The highest BCUT2D eigenvalue weighted by Gasteiger charge is 2.44. The smallest absolute Gasteiger partial charge is 0.410 e. The van der Waals surface area contributed by atoms with E-state index in [2.05, 4.69) is 20.3 Å². The highest BCUT2D eigenvalue weighted by atomic mass is 16.6. The lowest BCUT2D eigenvalue weighted by Crippen LogP contribution is -2.52. The number of benzene rings is 2. The van der Waals surface area contributed by atoms with Crippen LogP contribution in [0.1, 0.15) is 42.4 Å². The minimum atomic E-state index is -0.493. The fourth-order valence-corrected chi connectivity index (χ4v) is 5.29. The van der Waals surface area contributed by atoms with Crippen molar-refractivity contribution < 1.29 is 14.3 Å². The number of piperidine rings is 1. The van der Waals surface area contributed by atoms with Crippen LogP contribution in [-0.4, -0.2) is 65.7 Å². The van der Waals surface area contributed by atoms with E-state index in [0.29, 0.717) is 13.1 Å². The second-order valence-electron chi connectivity index (χ2n) is 9.41. The number of ether oxygens (including phenoxy) is 1. The van der Waals surface area contributed by atoms with Crippen molar-refractivity contribution in [3.8, 4) is 0 Å². The van der Waals surface area contributed by atoms with Crippen molar-refractivity contribution in [2.75, 3.05) is 26.2 Å². The minimum absolute atomic E-state index is 0.0439. The Hall–Kier alpha value is -3.39. The zero-order chi connectivity index (χ0) is 24.0. The van der Waals surface area contributed by atoms with Crippen LogP contribution in [0.4, 0.5) is 4.79 Å². The van der Waals surface area contributed by atoms with Gasteiger partial charge >= 0.3 is 6.09 Å². The van der Waals surface area contributed by atoms with Gasteiger partial charge in [0.05, 0.1) is 5.71 Å². The summed E-state index contributed by atoms with van der Waals surface area (Å²) in [6, 6.07) is 17.0. The summed E-state index contributed by atoms with van der Waals surface area (Å²) in [6.07, 6.45) is 4.16. The Balaban J connectivity index is 1.29. The number of hydrogen-bond acceptors (Lipinski definition) is 7. The Bertz CT molecular complexity index is 1090. The van der Waals surface area contributed by atoms with E-state index in [9.17, 15) is 9.59 Å². The van der Waals surface area contributed by atoms with Gasteiger partial charge < -0.3 is 4.74 Å². The Morgan fingerprint density at radius 1 is 0.914 bits per heavy atom. The summed E-state index contributed by atoms with van der Waals surface area (Å²) < 4.78 is 5.64. The van der Waals surface area contributed by atoms with Crippen LogP contribution in [0.5, 0.6) is 0 Å². The lowest BCUT2D eigenvalue weighted by molar-refractivity contribution is -0.124. The maximum absolute atomic E-state index is 13.7. The number of nitrogens with zero attached hydrogens (tertiary/aromatic N) is 5. The van der Waals surface area contributed by atoms with Gasteiger partial charge in [0, 0.05) is 19.0 Å². The van der Waals surface area contributed by atoms with E-state index in [1.165, 1.54) is 6.42 Å². The monoisotopic (exact) mass is 473 g/mol. The van der Waals surface area contributed by atoms with Crippen LogP contribution in [0, 0.1) is 0 Å². The van der Waals surface area contributed by atoms with E-state index in [4.69, 9.17) is 4.74 Å². The zero-order valence-corrected chi connectivity index (χ0v) is 19.9. The van der Waals surface area contributed by atoms with Crippen LogP contribution in [0.25, 0.3) is 0 Å². The first-order chi connectivity index (χ1) is 17.2. The average molecular weight is 474 g/mol. The number of carbonyl (C=O) groups excluding carboxylic acids is 2. The third-order valence-corrected chi connectivity index (χ3v) is 7.11. The van der Waals surface area contributed by atoms with Crippen molar-refractivity contribution in [2.45, 2.75) is 50.8 Å². The Morgan fingerprint density at radius 3 is 2.40 bits per heavy atom. The van der Waals surface area contributed by atoms with Crippen LogP contribution in [-0.2, 0) is 22.6 Å². The third kappa shape index (κ3) is 5.48. The van der Waals surface area contributed by atoms with Crippen LogP contribution in [0.2, 0.25) is 0 Å². The van der Waals surface area contributed by atoms with Gasteiger partial charge in [0.1, 0.15) is 19.2 Å². The largest absolute Gasteiger partial charge is 0.445 e. The van der Waals surface area contributed by atoms with Gasteiger partial charge in [-0.25, -0.2) is 4.79 Å². The maximum atomic E-state index is 13.7. The summed E-state index contributed by atoms with van der Waals surface area (Å²) in [5.74, 6) is 0.0608. The summed E-state index contributed by atoms with van der Waals surface area (Å²) in [4.78, 5) is 30.8. The number of likely N-dealkylation sites (tertiary alicyclic amines) is 2. The molecule has 0 N–H and O–H groups in total. The summed E-state index contributed by atoms with van der Waals surface area (Å²) >= 11 is 0. The molecule has 1 amide bonds. The maximum Gasteiger partial charge on any atom is 0.410 e. The van der Waals surface area contributed by atoms with Crippen molar-refractivity contribution >= 4 is 17.6 Å². The van der Waals surface area contributed by atoms with E-state index in [1.54, 1.807) is 4.90 Å². The number of rotatable bonds is 7. The van der Waals surface area contributed by atoms with Gasteiger partial charge in [-0.1, -0.05) is 61.0 Å². The summed E-state index contributed by atoms with van der Waals surface area (Å²) in [6.45, 7) is 3.19. The minimum Gasteiger partial charge on any atom is -0.445 e. The SMILES string of the molecule is O=C(Cc1ccc(C2=NN=NC2)cc1)[C@@H]1[C@H](N2CCCCC2)CCN1C(=O)OCc1ccccc1. The quantitative estimate of drug-likeness (QED) is 0.602. The standard InChI is InChI=1S/C27H31N5O3/c33-25(17-20-9-11-22(12-10-20)23-18-28-30-29-23)26-24(31-14-5-2-6-15-31)13-16-32(26)27(34)35-19-21-7-3-1-4-8-21/h1,3-4,7-12,24,26H,2,5-6,13-19H2/t24-,26+/m1/s1. The molecule has 2 fully saturated rings. The molecule has 2 aromatic carbocycles. The molecular weight excluding hydrogens is 442 g/mol. The van der Waals surface area contributed by atoms with Gasteiger partial charge in [-0.3, -0.25) is 14.6 Å². The summed E-state index contributed by atoms with van der Waals surface area (Å²) in [7, 11) is 0. The van der Waals surface area contributed by atoms with Gasteiger partial charge in [-0.2, -0.15) is 5.11 Å². The molecule has 8 heteroatoms. The molecule has 0 unspecified atom stereocenters. The molecule has 0 spiro atoms. The third-order valence-electron chi connectivity index (χ3n) is 7.11. The van der Waals surface area contributed by atoms with Crippen molar-refractivity contribution in [1.29, 1.82) is 0 Å². The second-order valence-corrected chi connectivity index (χ2v) is 9.41. The molecule has 35 heavy (non-hydrogen) atoms. The number of Topliss-reactive ketones (excluding diaryl/α,β-unsaturated/α-hetero) is 1. The molecule has 0 saturated carbocycles. The topological polar surface area (TPSA) is 86.9 Å². The molecule has 0 bridgehead atoms. The molecule has 3 aliphatic heterocycles. The van der Waals surface area contributed by atoms with Gasteiger partial charge in [0.15, 0.2) is 5.78 Å². The lowest BCUT2D eigenvalue weighted by Gasteiger charge is -2.36. The van der Waals surface area contributed by atoms with Crippen LogP contribution < -0.4 is 0 Å². The van der Waals surface area contributed by atoms with Crippen LogP contribution in [0.15, 0.2) is 70.0 Å². The Kier molecular flexibility index (Phi) is 7.28. The van der Waals surface area contributed by atoms with Gasteiger partial charge in [0.25, 0.3) is 0 Å². The van der Waals surface area contributed by atoms with Crippen molar-refractivity contribution in [3.05, 3.63) is 71.3 Å². The van der Waals surface area contributed by atoms with Crippen molar-refractivity contribution in [2.24, 2.45) is 15.4 Å². The predicted molar refractivity (Wildman–Crippen MR) is 132 cm³/mol. The average Bonchev–Trinajstić information content (AvgIpc) is 3.60. The number of hydrogen-bond donors (Lipinski definition) is 0. The zero-order valence-electron chi connectivity index (χ0n) is 19.9. The summed E-state index contributed by atoms with van der Waals surface area (Å²) in [5, 5.41) is 11.6. The molecule has 5 rings (SSSR count). The first-order valence-corrected chi connectivity index (χ1v) is 12.5. The molecule has 0 radical (unpaired) electrons. The Morgan fingerprint density at radius 2 is 1.69 bits per heavy atom. The van der Waals surface area contributed by atoms with Crippen molar-refractivity contribution in [1.82, 2.24) is 9.80 Å². The number of carbonyl (C=O) groups is 2. The van der Waals surface area contributed by atoms with Gasteiger partial charge in [-0.05, 0) is 54.3 Å². The number of ketones is 1. The molecule has 0 aromatic heterocycles. The fraction of sp³-hybridized carbons (Fsp3) is 0.444. The van der Waals surface area contributed by atoms with E-state index in [0.717, 1.165) is 54.8 Å². The van der Waals surface area contributed by atoms with E-state index >= 15 is 0 Å². The fourth-order valence-electron chi connectivity index (χ4n) is 5.29. The molecule has 2 aromatic rings. The molecule has 3 heterocycles. The second kappa shape index (κ2) is 10.9. The molecule has 8 nitrogen and oxygen atoms in total. The van der Waals surface area contributed by atoms with Crippen LogP contribution >= 0.6 is 0 Å². The molecule has 3 aliphatic rings. The van der Waals surface area contributed by atoms with Gasteiger partial charge in [-0.15, -0.1) is 5.10 Å². The lowest BCUT2D eigenvalue weighted by atomic mass is 9.95. The molecule has 0 aliphatic carbocycles. The Labute approximate surface area is 205 Å². The molecule has 2 atom stereocenters. The van der Waals surface area contributed by atoms with E-state index < -0.39 is 12.1 Å². The first-order valence-electron chi connectivity index (χ1n) is 12.5. The first kappa shape index (κ1) is 23.4. The van der Waals surface area contributed by atoms with Crippen LogP contribution in [0.3, 0.4) is 0 Å². The molecular formula is C27H31N5O3. The predicted octanol–water partition coefficient (Wildman–Crippen LogP) is 4.23. The normalized spacial score (nSPS) is 22.3. The highest BCUT2D eigenvalue weighted by Crippen LogP contribution is 2.28. The van der Waals surface area contributed by atoms with E-state index in [-0.39, 0.29) is 24.9 Å². The molecule has 182 valence electrons.